The van der Waals surface area contributed by atoms with Crippen LogP contribution in [0.25, 0.3) is 0 Å². The van der Waals surface area contributed by atoms with Crippen LogP contribution in [-0.4, -0.2) is 27.7 Å². The van der Waals surface area contributed by atoms with E-state index in [1.54, 1.807) is 0 Å². The van der Waals surface area contributed by atoms with Crippen LogP contribution in [0.15, 0.2) is 6.07 Å². The van der Waals surface area contributed by atoms with Crippen molar-refractivity contribution in [1.82, 2.24) is 9.97 Å². The lowest BCUT2D eigenvalue weighted by molar-refractivity contribution is 0.271. The predicted molar refractivity (Wildman–Crippen MR) is 65.6 cm³/mol. The zero-order valence-corrected chi connectivity index (χ0v) is 10.5. The van der Waals surface area contributed by atoms with E-state index in [2.05, 4.69) is 29.1 Å². The third-order valence-electron chi connectivity index (χ3n) is 2.51. The number of anilines is 1. The molecule has 4 heteroatoms. The van der Waals surface area contributed by atoms with E-state index >= 15 is 0 Å². The summed E-state index contributed by atoms with van der Waals surface area (Å²) in [6, 6.07) is 2.03. The molecule has 0 fully saturated rings. The lowest BCUT2D eigenvalue weighted by Gasteiger charge is -2.15. The molecule has 0 saturated carbocycles. The van der Waals surface area contributed by atoms with Crippen molar-refractivity contribution in [3.05, 3.63) is 17.5 Å². The second-order valence-corrected chi connectivity index (χ2v) is 4.34. The number of rotatable bonds is 5. The standard InChI is InChI=1S/C12H21N3O/c1-5-10(7-16)14-12-13-9(4)6-11(15-12)8(2)3/h6,8,10,16H,5,7H2,1-4H3,(H,13,14,15). The number of hydrogen-bond acceptors (Lipinski definition) is 4. The second kappa shape index (κ2) is 5.80. The van der Waals surface area contributed by atoms with Gasteiger partial charge in [-0.3, -0.25) is 0 Å². The van der Waals surface area contributed by atoms with E-state index in [0.29, 0.717) is 11.9 Å². The van der Waals surface area contributed by atoms with Crippen molar-refractivity contribution in [2.24, 2.45) is 0 Å². The quantitative estimate of drug-likeness (QED) is 0.802. The molecule has 2 N–H and O–H groups in total. The molecule has 0 aromatic carbocycles. The molecule has 1 heterocycles. The van der Waals surface area contributed by atoms with E-state index in [-0.39, 0.29) is 12.6 Å². The van der Waals surface area contributed by atoms with Gasteiger partial charge in [0, 0.05) is 11.4 Å². The molecule has 1 aromatic heterocycles. The van der Waals surface area contributed by atoms with Gasteiger partial charge in [-0.2, -0.15) is 0 Å². The van der Waals surface area contributed by atoms with Gasteiger partial charge in [-0.25, -0.2) is 9.97 Å². The van der Waals surface area contributed by atoms with Gasteiger partial charge in [-0.15, -0.1) is 0 Å². The minimum atomic E-state index is 0.0295. The monoisotopic (exact) mass is 223 g/mol. The maximum atomic E-state index is 9.12. The van der Waals surface area contributed by atoms with Crippen LogP contribution >= 0.6 is 0 Å². The molecule has 1 rings (SSSR count). The fraction of sp³-hybridized carbons (Fsp3) is 0.667. The maximum absolute atomic E-state index is 9.12. The Balaban J connectivity index is 2.87. The number of nitrogens with zero attached hydrogens (tertiary/aromatic N) is 2. The molecule has 90 valence electrons. The summed E-state index contributed by atoms with van der Waals surface area (Å²) in [5, 5.41) is 12.3. The number of aryl methyl sites for hydroxylation is 1. The van der Waals surface area contributed by atoms with Crippen molar-refractivity contribution in [2.45, 2.75) is 46.1 Å². The fourth-order valence-corrected chi connectivity index (χ4v) is 1.41. The summed E-state index contributed by atoms with van der Waals surface area (Å²) in [5.74, 6) is 1.00. The molecule has 0 aliphatic heterocycles. The van der Waals surface area contributed by atoms with Crippen LogP contribution in [0, 0.1) is 6.92 Å². The highest BCUT2D eigenvalue weighted by atomic mass is 16.3. The molecular formula is C12H21N3O. The van der Waals surface area contributed by atoms with Gasteiger partial charge in [0.2, 0.25) is 5.95 Å². The van der Waals surface area contributed by atoms with Crippen molar-refractivity contribution in [1.29, 1.82) is 0 Å². The third-order valence-corrected chi connectivity index (χ3v) is 2.51. The summed E-state index contributed by atoms with van der Waals surface area (Å²) in [4.78, 5) is 8.75. The highest BCUT2D eigenvalue weighted by molar-refractivity contribution is 5.30. The first-order chi connectivity index (χ1) is 7.56. The van der Waals surface area contributed by atoms with E-state index in [0.717, 1.165) is 17.8 Å². The van der Waals surface area contributed by atoms with Gasteiger partial charge in [0.15, 0.2) is 0 Å². The molecule has 1 unspecified atom stereocenters. The highest BCUT2D eigenvalue weighted by Crippen LogP contribution is 2.15. The van der Waals surface area contributed by atoms with Gasteiger partial charge < -0.3 is 10.4 Å². The summed E-state index contributed by atoms with van der Waals surface area (Å²) in [6.45, 7) is 8.29. The number of aliphatic hydroxyl groups is 1. The zero-order chi connectivity index (χ0) is 12.1. The van der Waals surface area contributed by atoms with E-state index in [1.165, 1.54) is 0 Å². The van der Waals surface area contributed by atoms with Gasteiger partial charge >= 0.3 is 0 Å². The van der Waals surface area contributed by atoms with Crippen LogP contribution in [0.5, 0.6) is 0 Å². The van der Waals surface area contributed by atoms with E-state index in [4.69, 9.17) is 5.11 Å². The van der Waals surface area contributed by atoms with Crippen LogP contribution < -0.4 is 5.32 Å². The molecule has 1 aromatic rings. The average Bonchev–Trinajstić information content (AvgIpc) is 2.25. The second-order valence-electron chi connectivity index (χ2n) is 4.34. The van der Waals surface area contributed by atoms with Gasteiger partial charge in [0.05, 0.1) is 12.6 Å². The summed E-state index contributed by atoms with van der Waals surface area (Å²) in [6.07, 6.45) is 0.852. The van der Waals surface area contributed by atoms with Crippen LogP contribution in [0.2, 0.25) is 0 Å². The minimum Gasteiger partial charge on any atom is -0.394 e. The first-order valence-corrected chi connectivity index (χ1v) is 5.79. The Morgan fingerprint density at radius 2 is 2.06 bits per heavy atom. The smallest absolute Gasteiger partial charge is 0.223 e. The van der Waals surface area contributed by atoms with Crippen LogP contribution in [0.4, 0.5) is 5.95 Å². The molecule has 0 bridgehead atoms. The lowest BCUT2D eigenvalue weighted by Crippen LogP contribution is -2.24. The van der Waals surface area contributed by atoms with Crippen LogP contribution in [0.1, 0.15) is 44.5 Å². The third kappa shape index (κ3) is 3.45. The molecule has 0 aliphatic carbocycles. The van der Waals surface area contributed by atoms with Crippen molar-refractivity contribution < 1.29 is 5.11 Å². The van der Waals surface area contributed by atoms with Gasteiger partial charge in [0.1, 0.15) is 0 Å². The van der Waals surface area contributed by atoms with Crippen molar-refractivity contribution >= 4 is 5.95 Å². The molecule has 16 heavy (non-hydrogen) atoms. The number of aromatic nitrogens is 2. The van der Waals surface area contributed by atoms with E-state index < -0.39 is 0 Å². The molecule has 0 radical (unpaired) electrons. The van der Waals surface area contributed by atoms with Gasteiger partial charge in [-0.1, -0.05) is 20.8 Å². The summed E-state index contributed by atoms with van der Waals surface area (Å²) >= 11 is 0. The first-order valence-electron chi connectivity index (χ1n) is 5.79. The Hall–Kier alpha value is -1.16. The lowest BCUT2D eigenvalue weighted by atomic mass is 10.1. The van der Waals surface area contributed by atoms with Crippen LogP contribution in [-0.2, 0) is 0 Å². The predicted octanol–water partition coefficient (Wildman–Crippen LogP) is 2.09. The molecule has 0 amide bonds. The number of aliphatic hydroxyl groups excluding tert-OH is 1. The Morgan fingerprint density at radius 3 is 2.56 bits per heavy atom. The van der Waals surface area contributed by atoms with E-state index in [9.17, 15) is 0 Å². The maximum Gasteiger partial charge on any atom is 0.223 e. The molecule has 0 spiro atoms. The fourth-order valence-electron chi connectivity index (χ4n) is 1.41. The Kier molecular flexibility index (Phi) is 4.68. The SMILES string of the molecule is CCC(CO)Nc1nc(C)cc(C(C)C)n1. The normalized spacial score (nSPS) is 12.9. The number of nitrogens with one attached hydrogen (secondary N) is 1. The average molecular weight is 223 g/mol. The summed E-state index contributed by atoms with van der Waals surface area (Å²) in [7, 11) is 0. The van der Waals surface area contributed by atoms with Crippen LogP contribution in [0.3, 0.4) is 0 Å². The zero-order valence-electron chi connectivity index (χ0n) is 10.5. The minimum absolute atomic E-state index is 0.0295. The van der Waals surface area contributed by atoms with E-state index in [1.807, 2.05) is 19.9 Å². The Labute approximate surface area is 97.1 Å². The van der Waals surface area contributed by atoms with Gasteiger partial charge in [-0.05, 0) is 25.3 Å². The van der Waals surface area contributed by atoms with Gasteiger partial charge in [0.25, 0.3) is 0 Å². The number of hydrogen-bond donors (Lipinski definition) is 2. The topological polar surface area (TPSA) is 58.0 Å². The van der Waals surface area contributed by atoms with Crippen molar-refractivity contribution in [3.8, 4) is 0 Å². The molecular weight excluding hydrogens is 202 g/mol. The summed E-state index contributed by atoms with van der Waals surface area (Å²) in [5.41, 5.74) is 1.98. The Morgan fingerprint density at radius 1 is 1.38 bits per heavy atom. The molecule has 1 atom stereocenters. The molecule has 0 saturated heterocycles. The summed E-state index contributed by atoms with van der Waals surface area (Å²) < 4.78 is 0. The highest BCUT2D eigenvalue weighted by Gasteiger charge is 2.09. The Bertz CT molecular complexity index is 335. The molecule has 0 aliphatic rings. The largest absolute Gasteiger partial charge is 0.394 e. The molecule has 4 nitrogen and oxygen atoms in total. The first kappa shape index (κ1) is 12.9. The van der Waals surface area contributed by atoms with Crippen molar-refractivity contribution in [3.63, 3.8) is 0 Å². The van der Waals surface area contributed by atoms with Crippen molar-refractivity contribution in [2.75, 3.05) is 11.9 Å².